The summed E-state index contributed by atoms with van der Waals surface area (Å²) in [6.45, 7) is 2.81. The van der Waals surface area contributed by atoms with Crippen LogP contribution in [0.25, 0.3) is 10.9 Å². The molecule has 0 aliphatic carbocycles. The van der Waals surface area contributed by atoms with Gasteiger partial charge in [0.1, 0.15) is 6.07 Å². The molecular weight excluding hydrogens is 372 g/mol. The predicted molar refractivity (Wildman–Crippen MR) is 107 cm³/mol. The molecule has 3 aromatic rings. The minimum atomic E-state index is -3.66. The van der Waals surface area contributed by atoms with Gasteiger partial charge in [-0.25, -0.2) is 8.42 Å². The third kappa shape index (κ3) is 3.50. The van der Waals surface area contributed by atoms with Crippen LogP contribution in [0.4, 0.5) is 0 Å². The molecule has 0 bridgehead atoms. The van der Waals surface area contributed by atoms with Crippen LogP contribution in [0.5, 0.6) is 0 Å². The van der Waals surface area contributed by atoms with E-state index in [9.17, 15) is 13.7 Å². The molecule has 142 valence electrons. The van der Waals surface area contributed by atoms with Crippen LogP contribution < -0.4 is 0 Å². The van der Waals surface area contributed by atoms with Gasteiger partial charge in [-0.15, -0.1) is 0 Å². The fourth-order valence-corrected chi connectivity index (χ4v) is 5.15. The summed E-state index contributed by atoms with van der Waals surface area (Å²) >= 11 is 0. The highest BCUT2D eigenvalue weighted by atomic mass is 32.2. The summed E-state index contributed by atoms with van der Waals surface area (Å²) in [4.78, 5) is 6.83. The molecule has 1 saturated heterocycles. The molecule has 1 aliphatic rings. The van der Waals surface area contributed by atoms with Gasteiger partial charge in [0, 0.05) is 44.3 Å². The third-order valence-electron chi connectivity index (χ3n) is 5.07. The molecular formula is C21H20N4O2S. The van der Waals surface area contributed by atoms with Gasteiger partial charge in [0.2, 0.25) is 10.0 Å². The van der Waals surface area contributed by atoms with Gasteiger partial charge in [-0.3, -0.25) is 9.88 Å². The summed E-state index contributed by atoms with van der Waals surface area (Å²) in [5.74, 6) is 0. The van der Waals surface area contributed by atoms with Gasteiger partial charge in [0.15, 0.2) is 0 Å². The predicted octanol–water partition coefficient (Wildman–Crippen LogP) is 2.61. The van der Waals surface area contributed by atoms with E-state index in [1.54, 1.807) is 18.3 Å². The van der Waals surface area contributed by atoms with E-state index < -0.39 is 10.0 Å². The Bertz CT molecular complexity index is 1140. The summed E-state index contributed by atoms with van der Waals surface area (Å²) in [7, 11) is -3.66. The number of hydrogen-bond donors (Lipinski definition) is 0. The highest BCUT2D eigenvalue weighted by Crippen LogP contribution is 2.23. The first-order chi connectivity index (χ1) is 13.6. The number of nitriles is 1. The average molecular weight is 392 g/mol. The second-order valence-electron chi connectivity index (χ2n) is 6.78. The number of benzene rings is 2. The third-order valence-corrected chi connectivity index (χ3v) is 7.02. The van der Waals surface area contributed by atoms with Crippen LogP contribution >= 0.6 is 0 Å². The van der Waals surface area contributed by atoms with E-state index in [0.717, 1.165) is 23.0 Å². The van der Waals surface area contributed by atoms with E-state index in [0.29, 0.717) is 26.2 Å². The van der Waals surface area contributed by atoms with E-state index in [-0.39, 0.29) is 10.5 Å². The van der Waals surface area contributed by atoms with Crippen LogP contribution in [0.15, 0.2) is 65.7 Å². The van der Waals surface area contributed by atoms with Crippen molar-refractivity contribution in [2.24, 2.45) is 0 Å². The second-order valence-corrected chi connectivity index (χ2v) is 8.69. The molecule has 0 saturated carbocycles. The lowest BCUT2D eigenvalue weighted by Crippen LogP contribution is -2.48. The van der Waals surface area contributed by atoms with Crippen molar-refractivity contribution in [3.8, 4) is 6.07 Å². The molecule has 0 unspecified atom stereocenters. The number of aromatic nitrogens is 1. The van der Waals surface area contributed by atoms with Gasteiger partial charge in [0.05, 0.1) is 16.0 Å². The minimum Gasteiger partial charge on any atom is -0.296 e. The highest BCUT2D eigenvalue weighted by molar-refractivity contribution is 7.89. The molecule has 28 heavy (non-hydrogen) atoms. The number of piperazine rings is 1. The largest absolute Gasteiger partial charge is 0.296 e. The average Bonchev–Trinajstić information content (AvgIpc) is 2.74. The van der Waals surface area contributed by atoms with Gasteiger partial charge in [-0.05, 0) is 23.8 Å². The van der Waals surface area contributed by atoms with Crippen molar-refractivity contribution >= 4 is 20.9 Å². The topological polar surface area (TPSA) is 77.3 Å². The summed E-state index contributed by atoms with van der Waals surface area (Å²) < 4.78 is 27.4. The zero-order valence-electron chi connectivity index (χ0n) is 15.3. The van der Waals surface area contributed by atoms with Crippen molar-refractivity contribution in [1.29, 1.82) is 5.26 Å². The number of sulfonamides is 1. The Hall–Kier alpha value is -2.79. The van der Waals surface area contributed by atoms with Crippen molar-refractivity contribution in [3.05, 3.63) is 71.9 Å². The lowest BCUT2D eigenvalue weighted by molar-refractivity contribution is 0.182. The van der Waals surface area contributed by atoms with E-state index in [4.69, 9.17) is 0 Å². The standard InChI is InChI=1S/C21H20N4O2S/c22-15-18-5-1-2-9-20(18)28(26,27)25-13-11-24(12-14-25)16-19-7-3-6-17-8-4-10-23-21(17)19/h1-10H,11-14,16H2. The number of fused-ring (bicyclic) bond motifs is 1. The number of rotatable bonds is 4. The molecule has 4 rings (SSSR count). The van der Waals surface area contributed by atoms with E-state index in [2.05, 4.69) is 16.0 Å². The quantitative estimate of drug-likeness (QED) is 0.682. The first-order valence-electron chi connectivity index (χ1n) is 9.14. The molecule has 1 aromatic heterocycles. The number of para-hydroxylation sites is 1. The van der Waals surface area contributed by atoms with Gasteiger partial charge in [0.25, 0.3) is 0 Å². The molecule has 1 fully saturated rings. The van der Waals surface area contributed by atoms with Crippen LogP contribution in [0.2, 0.25) is 0 Å². The SMILES string of the molecule is N#Cc1ccccc1S(=O)(=O)N1CCN(Cc2cccc3cccnc23)CC1. The summed E-state index contributed by atoms with van der Waals surface area (Å²) in [5.41, 5.74) is 2.32. The minimum absolute atomic E-state index is 0.0872. The van der Waals surface area contributed by atoms with Crippen molar-refractivity contribution in [1.82, 2.24) is 14.2 Å². The van der Waals surface area contributed by atoms with Gasteiger partial charge >= 0.3 is 0 Å². The highest BCUT2D eigenvalue weighted by Gasteiger charge is 2.30. The number of nitrogens with zero attached hydrogens (tertiary/aromatic N) is 4. The Morgan fingerprint density at radius 3 is 2.50 bits per heavy atom. The molecule has 0 amide bonds. The molecule has 1 aliphatic heterocycles. The fourth-order valence-electron chi connectivity index (χ4n) is 3.59. The summed E-state index contributed by atoms with van der Waals surface area (Å²) in [5, 5.41) is 10.3. The van der Waals surface area contributed by atoms with Crippen LogP contribution in [-0.4, -0.2) is 48.8 Å². The van der Waals surface area contributed by atoms with Crippen molar-refractivity contribution in [2.75, 3.05) is 26.2 Å². The Labute approximate surface area is 164 Å². The lowest BCUT2D eigenvalue weighted by Gasteiger charge is -2.34. The van der Waals surface area contributed by atoms with Crippen LogP contribution in [0.1, 0.15) is 11.1 Å². The molecule has 0 spiro atoms. The smallest absolute Gasteiger partial charge is 0.244 e. The van der Waals surface area contributed by atoms with Crippen molar-refractivity contribution in [3.63, 3.8) is 0 Å². The van der Waals surface area contributed by atoms with E-state index >= 15 is 0 Å². The Morgan fingerprint density at radius 2 is 1.71 bits per heavy atom. The van der Waals surface area contributed by atoms with Crippen molar-refractivity contribution < 1.29 is 8.42 Å². The molecule has 2 heterocycles. The zero-order valence-corrected chi connectivity index (χ0v) is 16.1. The molecule has 0 radical (unpaired) electrons. The fraction of sp³-hybridized carbons (Fsp3) is 0.238. The molecule has 7 heteroatoms. The Kier molecular flexibility index (Phi) is 5.09. The Balaban J connectivity index is 1.48. The van der Waals surface area contributed by atoms with E-state index in [1.165, 1.54) is 16.4 Å². The van der Waals surface area contributed by atoms with Gasteiger partial charge in [-0.2, -0.15) is 9.57 Å². The molecule has 2 aromatic carbocycles. The Morgan fingerprint density at radius 1 is 0.964 bits per heavy atom. The lowest BCUT2D eigenvalue weighted by atomic mass is 10.1. The maximum atomic E-state index is 13.0. The van der Waals surface area contributed by atoms with Gasteiger partial charge in [-0.1, -0.05) is 36.4 Å². The summed E-state index contributed by atoms with van der Waals surface area (Å²) in [6, 6.07) is 18.5. The molecule has 0 atom stereocenters. The number of hydrogen-bond acceptors (Lipinski definition) is 5. The van der Waals surface area contributed by atoms with Crippen molar-refractivity contribution in [2.45, 2.75) is 11.4 Å². The monoisotopic (exact) mass is 392 g/mol. The molecule has 6 nitrogen and oxygen atoms in total. The first-order valence-corrected chi connectivity index (χ1v) is 10.6. The maximum absolute atomic E-state index is 13.0. The number of pyridine rings is 1. The van der Waals surface area contributed by atoms with Gasteiger partial charge < -0.3 is 0 Å². The van der Waals surface area contributed by atoms with Crippen LogP contribution in [0.3, 0.4) is 0 Å². The molecule has 0 N–H and O–H groups in total. The normalized spacial score (nSPS) is 16.1. The van der Waals surface area contributed by atoms with E-state index in [1.807, 2.05) is 30.3 Å². The second kappa shape index (κ2) is 7.68. The maximum Gasteiger partial charge on any atom is 0.244 e. The summed E-state index contributed by atoms with van der Waals surface area (Å²) in [6.07, 6.45) is 1.79. The van der Waals surface area contributed by atoms with Crippen LogP contribution in [-0.2, 0) is 16.6 Å². The zero-order chi connectivity index (χ0) is 19.6. The first kappa shape index (κ1) is 18.6. The van der Waals surface area contributed by atoms with Crippen LogP contribution in [0, 0.1) is 11.3 Å².